The maximum atomic E-state index is 5.13. The second-order valence-corrected chi connectivity index (χ2v) is 14.4. The Labute approximate surface area is 300 Å². The number of nitrogens with zero attached hydrogens (tertiary/aromatic N) is 4. The quantitative estimate of drug-likeness (QED) is 0.183. The number of thiophene rings is 1. The molecule has 4 nitrogen and oxygen atoms in total. The van der Waals surface area contributed by atoms with Crippen molar-refractivity contribution in [3.05, 3.63) is 162 Å². The normalized spacial score (nSPS) is 14.0. The van der Waals surface area contributed by atoms with Crippen molar-refractivity contribution >= 4 is 49.3 Å². The van der Waals surface area contributed by atoms with Crippen LogP contribution in [-0.2, 0) is 6.42 Å². The summed E-state index contributed by atoms with van der Waals surface area (Å²) in [5.41, 5.74) is 10.3. The molecule has 1 aliphatic rings. The fourth-order valence-electron chi connectivity index (χ4n) is 7.53. The van der Waals surface area contributed by atoms with E-state index in [0.717, 1.165) is 44.9 Å². The fourth-order valence-corrected chi connectivity index (χ4v) is 8.81. The predicted molar refractivity (Wildman–Crippen MR) is 213 cm³/mol. The van der Waals surface area contributed by atoms with E-state index in [1.807, 2.05) is 72.0 Å². The zero-order valence-corrected chi connectivity index (χ0v) is 28.8. The Morgan fingerprint density at radius 2 is 1.18 bits per heavy atom. The van der Waals surface area contributed by atoms with E-state index in [2.05, 4.69) is 109 Å². The maximum Gasteiger partial charge on any atom is 0.238 e. The van der Waals surface area contributed by atoms with E-state index in [0.29, 0.717) is 23.5 Å². The van der Waals surface area contributed by atoms with Gasteiger partial charge in [0.15, 0.2) is 11.6 Å². The summed E-state index contributed by atoms with van der Waals surface area (Å²) >= 11 is 1.92. The summed E-state index contributed by atoms with van der Waals surface area (Å²) in [5.74, 6) is 2.45. The third-order valence-corrected chi connectivity index (χ3v) is 11.3. The van der Waals surface area contributed by atoms with Gasteiger partial charge in [-0.3, -0.25) is 4.57 Å². The summed E-state index contributed by atoms with van der Waals surface area (Å²) in [5, 5.41) is 3.71. The lowest BCUT2D eigenvalue weighted by Gasteiger charge is -2.12. The summed E-state index contributed by atoms with van der Waals surface area (Å²) in [7, 11) is 0. The molecule has 0 bridgehead atoms. The summed E-state index contributed by atoms with van der Waals surface area (Å²) in [6.07, 6.45) is 5.76. The van der Waals surface area contributed by atoms with Crippen LogP contribution in [0.5, 0.6) is 0 Å². The largest absolute Gasteiger partial charge is 0.278 e. The number of fused-ring (bicyclic) bond motifs is 6. The summed E-state index contributed by atoms with van der Waals surface area (Å²) in [6, 6.07) is 51.4. The average Bonchev–Trinajstić information content (AvgIpc) is 3.73. The number of allylic oxidation sites excluding steroid dienone is 1. The first-order chi connectivity index (χ1) is 25.2. The molecule has 0 saturated heterocycles. The van der Waals surface area contributed by atoms with Crippen molar-refractivity contribution in [3.8, 4) is 51.0 Å². The lowest BCUT2D eigenvalue weighted by molar-refractivity contribution is 0.724. The molecule has 0 saturated carbocycles. The topological polar surface area (TPSA) is 43.6 Å². The van der Waals surface area contributed by atoms with Crippen molar-refractivity contribution in [1.82, 2.24) is 19.5 Å². The van der Waals surface area contributed by atoms with Gasteiger partial charge in [0.2, 0.25) is 5.95 Å². The molecule has 0 aliphatic heterocycles. The average molecular weight is 673 g/mol. The van der Waals surface area contributed by atoms with Crippen molar-refractivity contribution in [2.24, 2.45) is 5.92 Å². The highest BCUT2D eigenvalue weighted by Gasteiger charge is 2.20. The van der Waals surface area contributed by atoms with Crippen LogP contribution in [0, 0.1) is 5.92 Å². The highest BCUT2D eigenvalue weighted by molar-refractivity contribution is 7.20. The molecule has 0 spiro atoms. The molecule has 51 heavy (non-hydrogen) atoms. The van der Waals surface area contributed by atoms with Crippen molar-refractivity contribution in [2.45, 2.75) is 13.3 Å². The molecule has 6 aromatic carbocycles. The van der Waals surface area contributed by atoms with Gasteiger partial charge >= 0.3 is 0 Å². The molecule has 1 aliphatic carbocycles. The Hall–Kier alpha value is -6.17. The first-order valence-corrected chi connectivity index (χ1v) is 18.2. The monoisotopic (exact) mass is 672 g/mol. The maximum absolute atomic E-state index is 5.13. The van der Waals surface area contributed by atoms with Gasteiger partial charge in [-0.15, -0.1) is 11.3 Å². The molecule has 0 radical (unpaired) electrons. The van der Waals surface area contributed by atoms with Gasteiger partial charge in [0.1, 0.15) is 0 Å². The second kappa shape index (κ2) is 12.0. The number of rotatable bonds is 5. The minimum atomic E-state index is 0.570. The third kappa shape index (κ3) is 5.08. The summed E-state index contributed by atoms with van der Waals surface area (Å²) in [6.45, 7) is 2.30. The van der Waals surface area contributed by atoms with Crippen molar-refractivity contribution in [1.29, 1.82) is 0 Å². The molecule has 5 heteroatoms. The van der Waals surface area contributed by atoms with Crippen LogP contribution in [0.1, 0.15) is 17.4 Å². The molecular weight excluding hydrogens is 641 g/mol. The van der Waals surface area contributed by atoms with Gasteiger partial charge in [0, 0.05) is 31.5 Å². The van der Waals surface area contributed by atoms with Gasteiger partial charge in [-0.05, 0) is 69.8 Å². The summed E-state index contributed by atoms with van der Waals surface area (Å²) < 4.78 is 3.57. The van der Waals surface area contributed by atoms with E-state index in [4.69, 9.17) is 15.0 Å². The number of hydrogen-bond donors (Lipinski definition) is 0. The van der Waals surface area contributed by atoms with Crippen LogP contribution in [0.25, 0.3) is 88.9 Å². The van der Waals surface area contributed by atoms with Crippen LogP contribution in [0.3, 0.4) is 0 Å². The Balaban J connectivity index is 1.15. The van der Waals surface area contributed by atoms with Crippen LogP contribution >= 0.6 is 11.3 Å². The number of hydrogen-bond acceptors (Lipinski definition) is 4. The molecule has 3 heterocycles. The van der Waals surface area contributed by atoms with Crippen LogP contribution in [0.2, 0.25) is 0 Å². The lowest BCUT2D eigenvalue weighted by Crippen LogP contribution is -2.06. The molecule has 0 amide bonds. The zero-order valence-electron chi connectivity index (χ0n) is 28.0. The first kappa shape index (κ1) is 29.7. The van der Waals surface area contributed by atoms with Gasteiger partial charge in [0.05, 0.1) is 11.0 Å². The number of para-hydroxylation sites is 1. The zero-order chi connectivity index (χ0) is 33.9. The van der Waals surface area contributed by atoms with E-state index in [1.54, 1.807) is 0 Å². The van der Waals surface area contributed by atoms with E-state index in [1.165, 1.54) is 37.2 Å². The molecule has 1 unspecified atom stereocenters. The van der Waals surface area contributed by atoms with Crippen molar-refractivity contribution in [3.63, 3.8) is 0 Å². The summed E-state index contributed by atoms with van der Waals surface area (Å²) in [4.78, 5) is 16.6. The molecule has 1 atom stereocenters. The van der Waals surface area contributed by atoms with E-state index >= 15 is 0 Å². The molecule has 0 N–H and O–H groups in total. The second-order valence-electron chi connectivity index (χ2n) is 13.3. The highest BCUT2D eigenvalue weighted by Crippen LogP contribution is 2.43. The number of aromatic nitrogens is 4. The Morgan fingerprint density at radius 3 is 1.96 bits per heavy atom. The number of benzene rings is 6. The van der Waals surface area contributed by atoms with Crippen molar-refractivity contribution < 1.29 is 0 Å². The minimum Gasteiger partial charge on any atom is -0.278 e. The fraction of sp³-hybridized carbons (Fsp3) is 0.0652. The van der Waals surface area contributed by atoms with Crippen LogP contribution in [0.15, 0.2) is 152 Å². The van der Waals surface area contributed by atoms with E-state index < -0.39 is 0 Å². The SMILES string of the molecule is CC1C=Cc2sc3c(-c4cccc(-c5ccc6c7ccccc7n(-c7nc(-c8ccccc8)nc(-c8ccccc8)n7)c6c5)c4)cccc3c2C1. The van der Waals surface area contributed by atoms with Gasteiger partial charge in [-0.2, -0.15) is 9.97 Å². The van der Waals surface area contributed by atoms with Crippen LogP contribution in [0.4, 0.5) is 0 Å². The molecule has 3 aromatic heterocycles. The third-order valence-electron chi connectivity index (χ3n) is 10.0. The molecule has 0 fully saturated rings. The minimum absolute atomic E-state index is 0.570. The van der Waals surface area contributed by atoms with Crippen LogP contribution < -0.4 is 0 Å². The molecule has 10 rings (SSSR count). The predicted octanol–water partition coefficient (Wildman–Crippen LogP) is 12.1. The highest BCUT2D eigenvalue weighted by atomic mass is 32.1. The molecular formula is C46H32N4S. The van der Waals surface area contributed by atoms with E-state index in [9.17, 15) is 0 Å². The standard InChI is InChI=1S/C46H32N4S/c1-29-22-25-42-39(26-29)38-20-11-19-35(43(38)51-42)34-17-10-16-32(27-34)33-23-24-37-36-18-8-9-21-40(36)50(41(37)28-33)46-48-44(30-12-4-2-5-13-30)47-45(49-46)31-14-6-3-7-15-31/h2-25,27-29H,26H2,1H3. The van der Waals surface area contributed by atoms with Crippen LogP contribution in [-0.4, -0.2) is 19.5 Å². The van der Waals surface area contributed by atoms with Gasteiger partial charge in [-0.25, -0.2) is 4.98 Å². The van der Waals surface area contributed by atoms with Gasteiger partial charge in [0.25, 0.3) is 0 Å². The smallest absolute Gasteiger partial charge is 0.238 e. The molecule has 9 aromatic rings. The molecule has 242 valence electrons. The first-order valence-electron chi connectivity index (χ1n) is 17.4. The Morgan fingerprint density at radius 1 is 0.549 bits per heavy atom. The Kier molecular flexibility index (Phi) is 7.00. The Bertz CT molecular complexity index is 2740. The van der Waals surface area contributed by atoms with E-state index in [-0.39, 0.29) is 0 Å². The lowest BCUT2D eigenvalue weighted by atomic mass is 9.92. The van der Waals surface area contributed by atoms with Gasteiger partial charge in [-0.1, -0.05) is 140 Å². The van der Waals surface area contributed by atoms with Gasteiger partial charge < -0.3 is 0 Å². The van der Waals surface area contributed by atoms with Crippen molar-refractivity contribution in [2.75, 3.05) is 0 Å².